The Morgan fingerprint density at radius 1 is 1.11 bits per heavy atom. The van der Waals surface area contributed by atoms with Gasteiger partial charge in [0.25, 0.3) is 0 Å². The summed E-state index contributed by atoms with van der Waals surface area (Å²) >= 11 is 0. The molecule has 3 aromatic rings. The lowest BCUT2D eigenvalue weighted by Gasteiger charge is -2.13. The standard InChI is InChI=1S/C22H24N4O2/c1-14-6-5-8-17(15(14)2)25-21(27)13-26-19-9-4-3-7-18(19)24-20(26)12-23-22(28)16-10-11-16/h3-9,16H,10-13H2,1-2H3,(H,23,28)(H,25,27). The molecule has 1 saturated carbocycles. The summed E-state index contributed by atoms with van der Waals surface area (Å²) in [6, 6.07) is 13.6. The maximum Gasteiger partial charge on any atom is 0.244 e. The van der Waals surface area contributed by atoms with Crippen LogP contribution in [0.3, 0.4) is 0 Å². The highest BCUT2D eigenvalue weighted by Crippen LogP contribution is 2.29. The highest BCUT2D eigenvalue weighted by molar-refractivity contribution is 5.92. The molecule has 0 radical (unpaired) electrons. The molecule has 4 rings (SSSR count). The third-order valence-corrected chi connectivity index (χ3v) is 5.28. The molecule has 1 aliphatic carbocycles. The maximum absolute atomic E-state index is 12.7. The second-order valence-corrected chi connectivity index (χ2v) is 7.39. The van der Waals surface area contributed by atoms with Crippen LogP contribution in [-0.4, -0.2) is 21.4 Å². The Morgan fingerprint density at radius 3 is 2.68 bits per heavy atom. The van der Waals surface area contributed by atoms with Crippen molar-refractivity contribution in [3.05, 3.63) is 59.4 Å². The fourth-order valence-corrected chi connectivity index (χ4v) is 3.31. The zero-order valence-corrected chi connectivity index (χ0v) is 16.2. The summed E-state index contributed by atoms with van der Waals surface area (Å²) in [5.41, 5.74) is 4.71. The first-order chi connectivity index (χ1) is 13.5. The second kappa shape index (κ2) is 7.46. The Labute approximate surface area is 164 Å². The van der Waals surface area contributed by atoms with Crippen molar-refractivity contribution >= 4 is 28.5 Å². The molecule has 1 fully saturated rings. The number of nitrogens with one attached hydrogen (secondary N) is 2. The lowest BCUT2D eigenvalue weighted by Crippen LogP contribution is -2.27. The number of aromatic nitrogens is 2. The zero-order chi connectivity index (χ0) is 19.7. The molecule has 0 unspecified atom stereocenters. The van der Waals surface area contributed by atoms with Gasteiger partial charge in [0.1, 0.15) is 12.4 Å². The number of carbonyl (C=O) groups is 2. The van der Waals surface area contributed by atoms with Crippen LogP contribution in [0.25, 0.3) is 11.0 Å². The Balaban J connectivity index is 1.55. The fraction of sp³-hybridized carbons (Fsp3) is 0.318. The van der Waals surface area contributed by atoms with E-state index in [9.17, 15) is 9.59 Å². The summed E-state index contributed by atoms with van der Waals surface area (Å²) in [5.74, 6) is 0.779. The number of fused-ring (bicyclic) bond motifs is 1. The van der Waals surface area contributed by atoms with E-state index in [0.717, 1.165) is 40.7 Å². The first-order valence-electron chi connectivity index (χ1n) is 9.61. The number of amides is 2. The predicted molar refractivity (Wildman–Crippen MR) is 109 cm³/mol. The number of rotatable bonds is 6. The number of imidazole rings is 1. The monoisotopic (exact) mass is 376 g/mol. The molecule has 1 aromatic heterocycles. The number of hydrogen-bond donors (Lipinski definition) is 2. The summed E-state index contributed by atoms with van der Waals surface area (Å²) in [5, 5.41) is 5.95. The van der Waals surface area contributed by atoms with Gasteiger partial charge in [0.15, 0.2) is 0 Å². The Kier molecular flexibility index (Phi) is 4.86. The van der Waals surface area contributed by atoms with Crippen molar-refractivity contribution in [3.63, 3.8) is 0 Å². The molecule has 1 aliphatic rings. The van der Waals surface area contributed by atoms with E-state index in [1.54, 1.807) is 0 Å². The summed E-state index contributed by atoms with van der Waals surface area (Å²) < 4.78 is 1.88. The summed E-state index contributed by atoms with van der Waals surface area (Å²) in [7, 11) is 0. The van der Waals surface area contributed by atoms with Gasteiger partial charge in [0, 0.05) is 11.6 Å². The van der Waals surface area contributed by atoms with Crippen molar-refractivity contribution < 1.29 is 9.59 Å². The SMILES string of the molecule is Cc1cccc(NC(=O)Cn2c(CNC(=O)C3CC3)nc3ccccc32)c1C. The van der Waals surface area contributed by atoms with Crippen molar-refractivity contribution in [3.8, 4) is 0 Å². The molecule has 28 heavy (non-hydrogen) atoms. The molecule has 6 heteroatoms. The van der Waals surface area contributed by atoms with Crippen molar-refractivity contribution in [2.45, 2.75) is 39.8 Å². The van der Waals surface area contributed by atoms with Crippen LogP contribution in [0.4, 0.5) is 5.69 Å². The number of aryl methyl sites for hydroxylation is 1. The molecule has 2 amide bonds. The van der Waals surface area contributed by atoms with Crippen LogP contribution in [0.2, 0.25) is 0 Å². The molecule has 0 aliphatic heterocycles. The molecule has 0 atom stereocenters. The molecule has 6 nitrogen and oxygen atoms in total. The minimum Gasteiger partial charge on any atom is -0.349 e. The highest BCUT2D eigenvalue weighted by atomic mass is 16.2. The number of benzene rings is 2. The lowest BCUT2D eigenvalue weighted by atomic mass is 10.1. The highest BCUT2D eigenvalue weighted by Gasteiger charge is 2.29. The number of carbonyl (C=O) groups excluding carboxylic acids is 2. The molecule has 1 heterocycles. The van der Waals surface area contributed by atoms with Crippen LogP contribution in [0.5, 0.6) is 0 Å². The fourth-order valence-electron chi connectivity index (χ4n) is 3.31. The third kappa shape index (κ3) is 3.76. The van der Waals surface area contributed by atoms with E-state index in [4.69, 9.17) is 0 Å². The van der Waals surface area contributed by atoms with Gasteiger partial charge in [-0.15, -0.1) is 0 Å². The van der Waals surface area contributed by atoms with Crippen molar-refractivity contribution in [2.75, 3.05) is 5.32 Å². The van der Waals surface area contributed by atoms with E-state index in [0.29, 0.717) is 12.4 Å². The van der Waals surface area contributed by atoms with E-state index < -0.39 is 0 Å². The van der Waals surface area contributed by atoms with E-state index in [1.807, 2.05) is 60.9 Å². The maximum atomic E-state index is 12.7. The van der Waals surface area contributed by atoms with Gasteiger partial charge in [-0.2, -0.15) is 0 Å². The normalized spacial score (nSPS) is 13.5. The van der Waals surface area contributed by atoms with E-state index in [-0.39, 0.29) is 24.3 Å². The summed E-state index contributed by atoms with van der Waals surface area (Å²) in [6.45, 7) is 4.48. The predicted octanol–water partition coefficient (Wildman–Crippen LogP) is 3.32. The van der Waals surface area contributed by atoms with Crippen LogP contribution in [0.15, 0.2) is 42.5 Å². The molecule has 2 N–H and O–H groups in total. The van der Waals surface area contributed by atoms with Crippen LogP contribution >= 0.6 is 0 Å². The lowest BCUT2D eigenvalue weighted by molar-refractivity contribution is -0.122. The Bertz CT molecular complexity index is 1050. The minimum absolute atomic E-state index is 0.0680. The van der Waals surface area contributed by atoms with Gasteiger partial charge in [-0.25, -0.2) is 4.98 Å². The smallest absolute Gasteiger partial charge is 0.244 e. The van der Waals surface area contributed by atoms with Gasteiger partial charge >= 0.3 is 0 Å². The van der Waals surface area contributed by atoms with Crippen molar-refractivity contribution in [2.24, 2.45) is 5.92 Å². The van der Waals surface area contributed by atoms with Crippen LogP contribution in [-0.2, 0) is 22.7 Å². The molecule has 144 valence electrons. The van der Waals surface area contributed by atoms with Crippen molar-refractivity contribution in [1.29, 1.82) is 0 Å². The Morgan fingerprint density at radius 2 is 1.89 bits per heavy atom. The summed E-state index contributed by atoms with van der Waals surface area (Å²) in [4.78, 5) is 29.4. The van der Waals surface area contributed by atoms with Gasteiger partial charge in [0.2, 0.25) is 11.8 Å². The second-order valence-electron chi connectivity index (χ2n) is 7.39. The molecular weight excluding hydrogens is 352 g/mol. The number of anilines is 1. The van der Waals surface area contributed by atoms with Gasteiger partial charge in [0.05, 0.1) is 17.6 Å². The van der Waals surface area contributed by atoms with Gasteiger partial charge in [-0.05, 0) is 56.0 Å². The Hall–Kier alpha value is -3.15. The third-order valence-electron chi connectivity index (χ3n) is 5.28. The molecule has 0 bridgehead atoms. The molecular formula is C22H24N4O2. The first-order valence-corrected chi connectivity index (χ1v) is 9.61. The largest absolute Gasteiger partial charge is 0.349 e. The molecule has 0 spiro atoms. The van der Waals surface area contributed by atoms with Gasteiger partial charge in [-0.1, -0.05) is 24.3 Å². The number of para-hydroxylation sites is 2. The quantitative estimate of drug-likeness (QED) is 0.693. The van der Waals surface area contributed by atoms with Crippen molar-refractivity contribution in [1.82, 2.24) is 14.9 Å². The van der Waals surface area contributed by atoms with E-state index >= 15 is 0 Å². The topological polar surface area (TPSA) is 76.0 Å². The number of hydrogen-bond acceptors (Lipinski definition) is 3. The number of nitrogens with zero attached hydrogens (tertiary/aromatic N) is 2. The van der Waals surface area contributed by atoms with Crippen LogP contribution in [0, 0.1) is 19.8 Å². The van der Waals surface area contributed by atoms with Gasteiger partial charge in [-0.3, -0.25) is 9.59 Å². The molecule has 0 saturated heterocycles. The van der Waals surface area contributed by atoms with Gasteiger partial charge < -0.3 is 15.2 Å². The van der Waals surface area contributed by atoms with E-state index in [2.05, 4.69) is 15.6 Å². The first kappa shape index (κ1) is 18.2. The minimum atomic E-state index is -0.119. The van der Waals surface area contributed by atoms with Crippen LogP contribution in [0.1, 0.15) is 29.8 Å². The molecule has 2 aromatic carbocycles. The average molecular weight is 376 g/mol. The summed E-state index contributed by atoms with van der Waals surface area (Å²) in [6.07, 6.45) is 1.92. The van der Waals surface area contributed by atoms with Crippen LogP contribution < -0.4 is 10.6 Å². The zero-order valence-electron chi connectivity index (χ0n) is 16.2. The average Bonchev–Trinajstić information content (AvgIpc) is 3.48. The van der Waals surface area contributed by atoms with E-state index in [1.165, 1.54) is 0 Å².